The van der Waals surface area contributed by atoms with Gasteiger partial charge in [0.25, 0.3) is 0 Å². The summed E-state index contributed by atoms with van der Waals surface area (Å²) in [6.07, 6.45) is -1.59. The smallest absolute Gasteiger partial charge is 0.328 e. The molecule has 0 saturated carbocycles. The number of nitrogens with two attached hydrogens (primary N) is 2. The van der Waals surface area contributed by atoms with E-state index in [1.165, 1.54) is 12.1 Å². The van der Waals surface area contributed by atoms with Crippen LogP contribution < -0.4 is 27.4 Å². The highest BCUT2D eigenvalue weighted by atomic mass is 16.4. The third kappa shape index (κ3) is 11.4. The summed E-state index contributed by atoms with van der Waals surface area (Å²) < 4.78 is 0. The van der Waals surface area contributed by atoms with Gasteiger partial charge in [0, 0.05) is 12.8 Å². The number of aliphatic carboxylic acids is 2. The number of aliphatic hydroxyl groups excluding tert-OH is 1. The van der Waals surface area contributed by atoms with Gasteiger partial charge in [-0.2, -0.15) is 0 Å². The van der Waals surface area contributed by atoms with Crippen molar-refractivity contribution in [3.63, 3.8) is 0 Å². The van der Waals surface area contributed by atoms with Crippen LogP contribution in [0.25, 0.3) is 0 Å². The molecule has 0 aliphatic carbocycles. The predicted molar refractivity (Wildman–Crippen MR) is 126 cm³/mol. The van der Waals surface area contributed by atoms with Crippen LogP contribution >= 0.6 is 0 Å². The van der Waals surface area contributed by atoms with E-state index in [4.69, 9.17) is 26.8 Å². The van der Waals surface area contributed by atoms with Crippen molar-refractivity contribution >= 4 is 35.6 Å². The molecule has 0 aromatic heterocycles. The molecular weight excluding hydrogens is 494 g/mol. The molecule has 4 unspecified atom stereocenters. The lowest BCUT2D eigenvalue weighted by Crippen LogP contribution is -2.57. The van der Waals surface area contributed by atoms with Crippen LogP contribution in [0.15, 0.2) is 24.3 Å². The van der Waals surface area contributed by atoms with Crippen LogP contribution in [0.3, 0.4) is 0 Å². The molecule has 0 aliphatic heterocycles. The van der Waals surface area contributed by atoms with Gasteiger partial charge in [0.2, 0.25) is 23.6 Å². The number of rotatable bonds is 16. The third-order valence-corrected chi connectivity index (χ3v) is 5.12. The number of primary amides is 1. The molecule has 0 fully saturated rings. The van der Waals surface area contributed by atoms with Gasteiger partial charge >= 0.3 is 11.9 Å². The van der Waals surface area contributed by atoms with Gasteiger partial charge in [-0.25, -0.2) is 4.79 Å². The first-order valence-electron chi connectivity index (χ1n) is 11.1. The van der Waals surface area contributed by atoms with Crippen molar-refractivity contribution in [2.24, 2.45) is 11.5 Å². The number of carboxylic acids is 2. The molecular formula is C22H31N5O10. The van der Waals surface area contributed by atoms with Gasteiger partial charge in [0.1, 0.15) is 23.9 Å². The van der Waals surface area contributed by atoms with Crippen molar-refractivity contribution < 1.29 is 49.2 Å². The SMILES string of the molecule is NC(=O)CCC(NC(=O)C(N)Cc1ccc(O)cc1)C(=O)NC(CCC(=O)O)C(=O)NC(CO)C(=O)O. The number of carbonyl (C=O) groups excluding carboxylic acids is 4. The number of aromatic hydroxyl groups is 1. The molecule has 37 heavy (non-hydrogen) atoms. The topological polar surface area (TPSA) is 271 Å². The summed E-state index contributed by atoms with van der Waals surface area (Å²) in [4.78, 5) is 71.4. The van der Waals surface area contributed by atoms with E-state index in [0.717, 1.165) is 0 Å². The first kappa shape index (κ1) is 30.8. The number of amides is 4. The molecule has 4 atom stereocenters. The maximum absolute atomic E-state index is 12.9. The highest BCUT2D eigenvalue weighted by molar-refractivity contribution is 5.94. The van der Waals surface area contributed by atoms with E-state index in [0.29, 0.717) is 5.56 Å². The monoisotopic (exact) mass is 525 g/mol. The van der Waals surface area contributed by atoms with Crippen molar-refractivity contribution in [2.75, 3.05) is 6.61 Å². The van der Waals surface area contributed by atoms with Crippen molar-refractivity contribution in [1.29, 1.82) is 0 Å². The van der Waals surface area contributed by atoms with Crippen LogP contribution in [0, 0.1) is 0 Å². The van der Waals surface area contributed by atoms with Crippen LogP contribution in [0.2, 0.25) is 0 Å². The first-order chi connectivity index (χ1) is 17.3. The third-order valence-electron chi connectivity index (χ3n) is 5.12. The number of nitrogens with one attached hydrogen (secondary N) is 3. The molecule has 0 bridgehead atoms. The second kappa shape index (κ2) is 15.0. The average molecular weight is 526 g/mol. The Kier molecular flexibility index (Phi) is 12.5. The zero-order chi connectivity index (χ0) is 28.1. The van der Waals surface area contributed by atoms with Gasteiger partial charge in [0.05, 0.1) is 12.6 Å². The van der Waals surface area contributed by atoms with Gasteiger partial charge in [-0.15, -0.1) is 0 Å². The van der Waals surface area contributed by atoms with Crippen LogP contribution in [-0.2, 0) is 35.2 Å². The maximum atomic E-state index is 12.9. The summed E-state index contributed by atoms with van der Waals surface area (Å²) >= 11 is 0. The van der Waals surface area contributed by atoms with E-state index in [1.54, 1.807) is 12.1 Å². The van der Waals surface area contributed by atoms with E-state index in [-0.39, 0.29) is 25.0 Å². The summed E-state index contributed by atoms with van der Waals surface area (Å²) in [6, 6.07) is 0.0913. The quantitative estimate of drug-likeness (QED) is 0.104. The minimum Gasteiger partial charge on any atom is -0.508 e. The van der Waals surface area contributed by atoms with Crippen LogP contribution in [0.5, 0.6) is 5.75 Å². The normalized spacial score (nSPS) is 13.9. The molecule has 204 valence electrons. The van der Waals surface area contributed by atoms with Crippen molar-refractivity contribution in [3.05, 3.63) is 29.8 Å². The number of aliphatic hydroxyl groups is 1. The Labute approximate surface area is 211 Å². The minimum atomic E-state index is -1.71. The predicted octanol–water partition coefficient (Wildman–Crippen LogP) is -3.08. The molecule has 11 N–H and O–H groups in total. The summed E-state index contributed by atoms with van der Waals surface area (Å²) in [5, 5.41) is 43.0. The molecule has 0 saturated heterocycles. The number of phenolic OH excluding ortho intramolecular Hbond substituents is 1. The molecule has 0 radical (unpaired) electrons. The highest BCUT2D eigenvalue weighted by Crippen LogP contribution is 2.11. The van der Waals surface area contributed by atoms with E-state index >= 15 is 0 Å². The van der Waals surface area contributed by atoms with Gasteiger partial charge in [0.15, 0.2) is 0 Å². The Bertz CT molecular complexity index is 985. The number of carbonyl (C=O) groups is 6. The molecule has 4 amide bonds. The van der Waals surface area contributed by atoms with Crippen LogP contribution in [0.4, 0.5) is 0 Å². The second-order valence-electron chi connectivity index (χ2n) is 8.12. The number of carboxylic acid groups (broad SMARTS) is 2. The lowest BCUT2D eigenvalue weighted by Gasteiger charge is -2.24. The van der Waals surface area contributed by atoms with Crippen LogP contribution in [-0.4, -0.2) is 86.8 Å². The molecule has 0 aliphatic rings. The fraction of sp³-hybridized carbons (Fsp3) is 0.455. The summed E-state index contributed by atoms with van der Waals surface area (Å²) in [7, 11) is 0. The largest absolute Gasteiger partial charge is 0.508 e. The molecule has 15 nitrogen and oxygen atoms in total. The second-order valence-corrected chi connectivity index (χ2v) is 8.12. The summed E-state index contributed by atoms with van der Waals surface area (Å²) in [5.41, 5.74) is 11.7. The van der Waals surface area contributed by atoms with E-state index in [2.05, 4.69) is 10.6 Å². The molecule has 15 heteroatoms. The first-order valence-corrected chi connectivity index (χ1v) is 11.1. The van der Waals surface area contributed by atoms with E-state index < -0.39 is 79.2 Å². The standard InChI is InChI=1S/C22H31N5O10/c23-13(9-11-1-3-12(29)4-2-11)19(33)25-14(5-7-17(24)30)20(34)26-15(6-8-18(31)32)21(35)27-16(10-28)22(36)37/h1-4,13-16,28-29H,5-10,23H2,(H2,24,30)(H,25,33)(H,26,34)(H,27,35)(H,31,32)(H,36,37). The lowest BCUT2D eigenvalue weighted by atomic mass is 10.0. The summed E-state index contributed by atoms with van der Waals surface area (Å²) in [6.45, 7) is -0.961. The molecule has 0 spiro atoms. The fourth-order valence-corrected chi connectivity index (χ4v) is 3.08. The van der Waals surface area contributed by atoms with Gasteiger partial charge in [-0.1, -0.05) is 12.1 Å². The zero-order valence-electron chi connectivity index (χ0n) is 19.8. The Morgan fingerprint density at radius 1 is 0.784 bits per heavy atom. The zero-order valence-corrected chi connectivity index (χ0v) is 19.8. The van der Waals surface area contributed by atoms with Gasteiger partial charge in [-0.3, -0.25) is 24.0 Å². The Balaban J connectivity index is 3.00. The fourth-order valence-electron chi connectivity index (χ4n) is 3.08. The Morgan fingerprint density at radius 3 is 1.73 bits per heavy atom. The molecule has 0 heterocycles. The molecule has 1 aromatic rings. The highest BCUT2D eigenvalue weighted by Gasteiger charge is 2.30. The number of hydrogen-bond acceptors (Lipinski definition) is 9. The molecule has 1 aromatic carbocycles. The lowest BCUT2D eigenvalue weighted by molar-refractivity contribution is -0.144. The minimum absolute atomic E-state index is 0.0140. The average Bonchev–Trinajstić information content (AvgIpc) is 2.83. The van der Waals surface area contributed by atoms with E-state index in [1.807, 2.05) is 5.32 Å². The number of benzene rings is 1. The summed E-state index contributed by atoms with van der Waals surface area (Å²) in [5.74, 6) is -6.48. The number of phenols is 1. The van der Waals surface area contributed by atoms with Gasteiger partial charge in [-0.05, 0) is 37.0 Å². The number of hydrogen-bond donors (Lipinski definition) is 9. The Hall–Kier alpha value is -4.24. The van der Waals surface area contributed by atoms with Crippen molar-refractivity contribution in [3.8, 4) is 5.75 Å². The van der Waals surface area contributed by atoms with Crippen molar-refractivity contribution in [2.45, 2.75) is 56.3 Å². The van der Waals surface area contributed by atoms with Crippen LogP contribution in [0.1, 0.15) is 31.2 Å². The van der Waals surface area contributed by atoms with Crippen molar-refractivity contribution in [1.82, 2.24) is 16.0 Å². The van der Waals surface area contributed by atoms with E-state index in [9.17, 15) is 33.9 Å². The Morgan fingerprint density at radius 2 is 1.27 bits per heavy atom. The molecule has 1 rings (SSSR count). The van der Waals surface area contributed by atoms with Gasteiger partial charge < -0.3 is 47.8 Å². The maximum Gasteiger partial charge on any atom is 0.328 e.